The summed E-state index contributed by atoms with van der Waals surface area (Å²) in [5.74, 6) is 1.86. The van der Waals surface area contributed by atoms with Crippen LogP contribution in [0.25, 0.3) is 0 Å². The molecule has 0 saturated carbocycles. The maximum Gasteiger partial charge on any atom is 0.228 e. The first-order valence-electron chi connectivity index (χ1n) is 22.3. The second kappa shape index (κ2) is 21.4. The van der Waals surface area contributed by atoms with Crippen molar-refractivity contribution in [1.29, 1.82) is 0 Å². The third-order valence-electron chi connectivity index (χ3n) is 14.6. The van der Waals surface area contributed by atoms with Crippen molar-refractivity contribution in [3.63, 3.8) is 0 Å². The first-order chi connectivity index (χ1) is 26.5. The fraction of sp³-hybridized carbons (Fsp3) is 0.837. The molecule has 0 bridgehead atoms. The summed E-state index contributed by atoms with van der Waals surface area (Å²) < 4.78 is 25.0. The van der Waals surface area contributed by atoms with E-state index in [2.05, 4.69) is 95.2 Å². The van der Waals surface area contributed by atoms with Crippen molar-refractivity contribution >= 4 is 11.8 Å². The van der Waals surface area contributed by atoms with Crippen molar-refractivity contribution < 1.29 is 626 Å². The van der Waals surface area contributed by atoms with Crippen molar-refractivity contribution in [2.75, 3.05) is 40.5 Å². The number of methoxy groups -OCH3 is 1. The Morgan fingerprint density at radius 3 is 1.88 bits per heavy atom. The van der Waals surface area contributed by atoms with E-state index < -0.39 is 27.9 Å². The molecule has 0 spiro atoms. The van der Waals surface area contributed by atoms with Gasteiger partial charge in [0, 0.05) is 630 Å². The molecule has 2 amide bonds. The third-order valence-corrected chi connectivity index (χ3v) is 14.6. The fourth-order valence-corrected chi connectivity index (χ4v) is 9.62. The van der Waals surface area contributed by atoms with Crippen LogP contribution in [0.4, 0.5) is 0 Å². The molecule has 0 aromatic heterocycles. The van der Waals surface area contributed by atoms with Gasteiger partial charge in [-0.1, -0.05) is 109 Å². The van der Waals surface area contributed by atoms with Gasteiger partial charge in [-0.05, 0) is 105 Å². The molecular weight excluding hydrogens is 727 g/mol. The van der Waals surface area contributed by atoms with Gasteiger partial charge in [0.1, 0.15) is 0 Å². The Labute approximate surface area is 978 Å². The van der Waals surface area contributed by atoms with Crippen LogP contribution in [0.1, 0.15) is 759 Å². The van der Waals surface area contributed by atoms with Gasteiger partial charge in [0.25, 0.3) is 0 Å². The van der Waals surface area contributed by atoms with Crippen LogP contribution in [0.2, 0.25) is 0 Å². The van der Waals surface area contributed by atoms with Gasteiger partial charge in [0.05, 0.1) is 42.9 Å². The molecule has 0 radical (unpaired) electrons. The van der Waals surface area contributed by atoms with E-state index in [1.165, 1.54) is 5.56 Å². The van der Waals surface area contributed by atoms with Gasteiger partial charge in [-0.15, -0.1) is 0 Å². The minimum absolute atomic E-state index is 0. The fourth-order valence-electron chi connectivity index (χ4n) is 9.62. The van der Waals surface area contributed by atoms with Crippen LogP contribution in [-0.4, -0.2) is 75.0 Å². The molecule has 0 aliphatic heterocycles. The number of nitrogens with two attached hydrogens (primary N) is 2. The van der Waals surface area contributed by atoms with Crippen LogP contribution in [-0.2, 0) is 19.1 Å². The van der Waals surface area contributed by atoms with E-state index in [1.54, 1.807) is 12.0 Å². The second-order valence-corrected chi connectivity index (χ2v) is 20.9. The van der Waals surface area contributed by atoms with Crippen LogP contribution >= 0.6 is 0 Å². The SMILES string of the molecule is CCOc1ccc(C(C)[C@H](C(C)CC)C(C)[C@](C)(N)[C@@H](CC(C)(C(=O)N(C)CC(CC)(C(N)=O)C(C)(C)C)[C@@H](C)C(C)(C)C)OC)c(C)c1OCC(C)COC(C)C.[HH].[HH].[HH].[HH].[HH].[HH].[HH].[HH].[HH].[HH].[HH].[HH].[HH].[HH].[HH].[HH].[HH].[HH].[HH].[HH].[HH].[HH].[HH].[HH].[HH].[HH].[HH].[HH].[HH].[HH].[HH].[HH].[HH].[HH].[HH].[HH].[HH].[HH].[HH].[HH].[HH].[HH].[HH].[HH].[HH].[HH].[HH].[HH].[HH].[HH].[HH].[HH].[HH].[HH].[HH].[HH].[HH].[HH].[HH].[HH].[HH].[HH].[HH].[HH].[HH].[HH].[HH].[HH].[HH].[HH].[HH].[HH].[HH].[HH].[HH].[HH].[HH].[HH].[HH].[HH].[HH].[HH].[HH].[HH].[HH].[HH].[HH].[HH].[HH].[HH].[HH].[HH].[HH].[HH].[HH].[HH].[HH].[HH].[HH].[HH].[HH].[HH].[HH].[HH].[HH].[HH].[HH].[HH].[HH].[HH].[HH].[HH].[HH].[HH].[HH].[HH].[HH].[HH].[HH].[HH].[HH].[HH].[HH].[HH].[HH].[HH].[HH].[HH].[HH].[HH].[HH].[HH].[HH].[HH].[HH].[HH].[HH].[HH].[HH].[HH].[HH].[HH].[HH].[HH].[HH].[HH].[HH].[HH].[HH].[HH].[HH].[HH].[HH].[HH].[HH].[HH].[HH].[HH].[HH].[HH].[HH].[HH].[HH].[HH].[HH].[HH].[HH].[HH].[HH].[HH].[HH].[HH].[HH].[HH].[HH].[HH].[HH].[HH].[HH].[HH].[HH].[HH].[HH].[HH].[HH].[HH].[HH].[HH].[HH].[HH].[HH].[HH].[HH].[HH].[HH].[HH].[HH].[HH].[HH].[HH].[HH].[HH].[HH].[HH].[HH].[HH].[HH].[HH].[HH].[HH].[HH].[HH].[HH].[HH].[HH].[HH].[HH].[HH].[HH].[HH].[HH].[HH].[HH].[HH].[HH].[HH].[HH].[HH].[HH].[HH].[HH].[HH].[HH].[HH].[HH].[HH].[HH].[HH].[HH].[HH].[HH].[HH].[HH].[HH].[HH].[HH].[HH].[HH].[HH].[HH].[HH].[HH].[HH].[HH].[HH].[HH].[HH].[HH].[HH].[HH].[HH].[HH].[HH].[HH].[HH].[HH].[HH].[HH].[HH].[HH].[HH].[HH].[HH].[HH].[HH].[HH].[HH].[HH].[HH].[HH].[HH].[HH].[HH].[HH].[HH].[HH].[HH].[HH].[HH].[HH].[HH].[HH].[HH].[HH].[HH].[HH].[HH].[HH].[HH].[HH].[HH].[HH].[HH].[HH].[HH].[HH].[HH].[HH].[HH].[HH].[HH].[HH].[HH].[HH].[HH].[HH].[HH].[HH].[HH].[HH].[HH].[HH].[HH].[HH].[HH].[HH].[HH].[HH].[HH].[HH].[HH].[HH].[HH].[HH].[HH].[HH].[HH].[HH].[HH].[HH].[HH].[HH].[HH].[HH].[HH].[HH].[HH].[HH].[HH].[HH].[HH].[HH].[HH].[HH].[HH].[HH].[HH].[HH].[HH].[HH].[HH].[HH].[HH].[HH].[HH].[HH].[HH].[HH].[HH].[HH].[HH].[HH].[HH].[HH].[HH].[HH].[HH].[HH].[HH].[HH].[HH].[HH].[HH].[HH].[HH].[HH].[HH].[HH].[HH].[HH].[HH].[HH].[HH].[HH].[HH].[HH].[HH].[HH].[HH].[HH].[HH].[HH].[HH].[HH].[HH].[HH].[HH].[HH].[HH].[HH].[HH].[HH].[HH].[HH].[HH].[HH].[HH].[HH].[HH]. The normalized spacial score (nSPS) is 19.4. The number of primary amides is 1. The van der Waals surface area contributed by atoms with Crippen LogP contribution in [0.3, 0.4) is 0 Å². The molecule has 1 aromatic rings. The Bertz CT molecular complexity index is 1700. The number of hydrogen-bond donors (Lipinski definition) is 2. The van der Waals surface area contributed by atoms with E-state index in [4.69, 9.17) is 30.4 Å². The number of ether oxygens (including phenoxy) is 4. The van der Waals surface area contributed by atoms with E-state index in [0.717, 1.165) is 23.5 Å². The lowest BCUT2D eigenvalue weighted by atomic mass is 9.59. The minimum atomic E-state index is -0.898. The van der Waals surface area contributed by atoms with Crippen molar-refractivity contribution in [3.05, 3.63) is 23.3 Å². The van der Waals surface area contributed by atoms with Gasteiger partial charge in [0.15, 0.2) is 11.5 Å². The van der Waals surface area contributed by atoms with Crippen molar-refractivity contribution in [2.45, 2.75) is 174 Å². The standard InChI is InChI=1S/C49H91N3O6.419H2/c1-22-33(7)41(34(8)38-25-26-39(56-24-3)42(35(38)9)58-29-32(6)28-57-31(4)5)36(10)48(19,51)40(55-21)27-47(18,37(11)45(12,13)14)44(54)52(20)30-49(23-2,43(50)53)46(15,16)17;;;;;;;;;;;;;;;;;;;;;;;;;;;;;;;;;;;;;;;;;;;;;;;;;;;;;;;;;;;;;;;;;;;;;;;;;;;;;;;;;;;;;;;;;;;;;;;;;;;;;;;;;;;;;;;;;;;;;;;;;;;;;;;;;;;;;;;;;;;;;;;;;;;;;;;;;;;;;;;;;;;;;;;;;;;;;;;;;;;;;;;;;;;;;;;;;;;;;;;;;;;;;;;;;;;;;;;;;;;;;;;;;;;;;;;;;;;;;;;;;;;;;;;;;;;;;;;;;;;;;;;;;;;;;;;;;;;;;;;;;;;;;;;;;;;;;;;;;;;;;;;;;;;;;;;;;;;;;;;;;;;;;;;;;;;;;;;;;;;;;;;;;;;;;;;;;;;;;;;;;;;;;;;;;;;;;;;;;;;;;;;;;;;;;;;;;;;;;;;;;;;;;;;;;;;;;;;;;;;/h25-26,31-34,36-37,40-41H,22-24,27-30,51H2,1-21H3,(H2,50,53);419*1H/t32?,33?,34?,36?,37-,40+,41-,47?,48-,49?;;;;;;;;;;;;;;;;;;;;;;;;;;;;;;;;;;;;;;;;;;;;;;;;;;;;;;;;;;;;;;;;;;;;;;;;;;;;;;;;;;;;;;;;;;;;;;;;;;;;;;;;;;;;;;;;;;;;;;;;;;;;;;;;;;;;;;;;;;;;;;;;;;;;;;;;;;;;;;;;;;;;;;;;;;;;;;;;;;;;;;;;;;;;;;;;;;;;;;;;;;;;;;;;;;;;;;;;;;;;;;;;;;;;;;;;;;;;;;;;;;;;;;;;;;;;;;;;;;;;;;;;;;;;;;;;;;;;;;;;;;;;;;;;;;;;;;;;;;;;;;;;;;;;;;;;;;;;;;;;;;;;;;;;;;;;;;;;;;;;;;;;;;;;;;;;;;;;;;;;;;;;;;;;;;;;;;;;;;;;;;;;;;;;;;;;;;;;;;;;;;;;;;;;;;;;;;;;;;;/m0.................................................................................................................................................................................................................................................................................................................................................................................................................................../s1. The minimum Gasteiger partial charge on any atom is -0.490 e. The van der Waals surface area contributed by atoms with Crippen LogP contribution in [0, 0.1) is 58.2 Å². The van der Waals surface area contributed by atoms with Gasteiger partial charge >= 0.3 is 0 Å². The Balaban J connectivity index is -0.000000000193. The molecule has 10 atom stereocenters. The highest BCUT2D eigenvalue weighted by molar-refractivity contribution is 5.85. The maximum atomic E-state index is 15.1. The molecule has 0 heterocycles. The highest BCUT2D eigenvalue weighted by atomic mass is 16.5. The predicted molar refractivity (Wildman–Crippen MR) is 1130 cm³/mol. The van der Waals surface area contributed by atoms with Crippen LogP contribution in [0.15, 0.2) is 12.1 Å². The highest BCUT2D eigenvalue weighted by Gasteiger charge is 2.53. The van der Waals surface area contributed by atoms with Crippen LogP contribution in [0.5, 0.6) is 11.5 Å². The summed E-state index contributed by atoms with van der Waals surface area (Å²) in [7, 11) is 3.54. The smallest absolute Gasteiger partial charge is 0.228 e. The average molecular weight is 1660 g/mol. The molecule has 1 aromatic carbocycles. The lowest BCUT2D eigenvalue weighted by Gasteiger charge is -2.51. The van der Waals surface area contributed by atoms with Crippen LogP contribution < -0.4 is 20.9 Å². The highest BCUT2D eigenvalue weighted by Crippen LogP contribution is 2.50. The molecule has 1176 valence electrons. The monoisotopic (exact) mass is 1660 g/mol. The van der Waals surface area contributed by atoms with Crippen molar-refractivity contribution in [2.24, 2.45) is 62.7 Å². The molecule has 9 nitrogen and oxygen atoms in total. The summed E-state index contributed by atoms with van der Waals surface area (Å²) >= 11 is 0. The molecule has 0 fully saturated rings. The number of rotatable bonds is 24. The zero-order chi connectivity index (χ0) is 45.4. The summed E-state index contributed by atoms with van der Waals surface area (Å²) in [6, 6.07) is 4.25. The van der Waals surface area contributed by atoms with E-state index in [0.29, 0.717) is 38.6 Å². The molecule has 4 N–H and O–H groups in total. The molecular formula is C49H929N3O6. The summed E-state index contributed by atoms with van der Waals surface area (Å²) in [5.41, 5.74) is 12.8. The van der Waals surface area contributed by atoms with Crippen molar-refractivity contribution in [3.8, 4) is 11.5 Å². The maximum absolute atomic E-state index is 15.1. The lowest BCUT2D eigenvalue weighted by molar-refractivity contribution is -0.155. The number of amides is 2. The largest absolute Gasteiger partial charge is 0.490 e. The van der Waals surface area contributed by atoms with Gasteiger partial charge in [-0.25, -0.2) is 0 Å². The summed E-state index contributed by atoms with van der Waals surface area (Å²) in [6.45, 7) is 42.4. The predicted octanol–water partition coefficient (Wildman–Crippen LogP) is 114. The van der Waals surface area contributed by atoms with Gasteiger partial charge in [0.2, 0.25) is 11.8 Å². The van der Waals surface area contributed by atoms with Gasteiger partial charge in [-0.2, -0.15) is 0 Å². The molecule has 0 saturated heterocycles. The van der Waals surface area contributed by atoms with Crippen molar-refractivity contribution in [1.82, 2.24) is 4.90 Å². The number of benzene rings is 1. The molecule has 1 rings (SSSR count). The molecule has 0 aliphatic carbocycles. The topological polar surface area (TPSA) is 126 Å². The first kappa shape index (κ1) is 53.7. The van der Waals surface area contributed by atoms with E-state index in [-0.39, 0.29) is 657 Å². The lowest BCUT2D eigenvalue weighted by Crippen LogP contribution is -2.61. The zero-order valence-corrected chi connectivity index (χ0v) is 41.3. The second-order valence-electron chi connectivity index (χ2n) is 20.9. The first-order valence-corrected chi connectivity index (χ1v) is 22.3. The third kappa shape index (κ3) is 12.4. The average Bonchev–Trinajstić information content (AvgIpc) is 3.12. The summed E-state index contributed by atoms with van der Waals surface area (Å²) in [6.07, 6.45) is 1.62. The zero-order valence-electron chi connectivity index (χ0n) is 41.3. The molecule has 0 aliphatic rings. The molecule has 58 heavy (non-hydrogen) atoms. The van der Waals surface area contributed by atoms with Gasteiger partial charge in [-0.3, -0.25) is 9.59 Å². The number of nitrogens with zero attached hydrogens (tertiary/aromatic N) is 1. The quantitative estimate of drug-likeness (QED) is 0.106. The number of hydrogen-bond acceptors (Lipinski definition) is 7. The number of carbonyl (C=O) groups excluding carboxylic acids is 2. The molecule has 9 heteroatoms. The Morgan fingerprint density at radius 1 is 0.879 bits per heavy atom. The van der Waals surface area contributed by atoms with E-state index >= 15 is 4.79 Å². The molecule has 6 unspecified atom stereocenters. The number of carbonyl (C=O) groups is 2. The Hall–Kier alpha value is -2.36. The summed E-state index contributed by atoms with van der Waals surface area (Å²) in [5, 5.41) is 0. The van der Waals surface area contributed by atoms with Gasteiger partial charge < -0.3 is 35.3 Å². The Kier molecular flexibility index (Phi) is 19.8. The summed E-state index contributed by atoms with van der Waals surface area (Å²) in [4.78, 5) is 30.0. The Morgan fingerprint density at radius 2 is 1.45 bits per heavy atom. The van der Waals surface area contributed by atoms with E-state index in [1.807, 2.05) is 55.5 Å². The van der Waals surface area contributed by atoms with E-state index in [9.17, 15) is 4.79 Å².